The van der Waals surface area contributed by atoms with Crippen molar-refractivity contribution >= 4 is 0 Å². The van der Waals surface area contributed by atoms with Crippen LogP contribution in [-0.2, 0) is 20.1 Å². The monoisotopic (exact) mass is 206 g/mol. The third-order valence-corrected chi connectivity index (χ3v) is 3.74. The average molecular weight is 206 g/mol. The Balaban J connectivity index is 2.01. The van der Waals surface area contributed by atoms with Crippen LogP contribution in [0.3, 0.4) is 0 Å². The molecule has 2 aliphatic heterocycles. The lowest BCUT2D eigenvalue weighted by Gasteiger charge is -2.18. The van der Waals surface area contributed by atoms with Gasteiger partial charge in [-0.2, -0.15) is 5.10 Å². The maximum Gasteiger partial charge on any atom is 0.0844 e. The molecule has 2 aliphatic rings. The quantitative estimate of drug-likeness (QED) is 0.737. The number of hydrogen-bond donors (Lipinski definition) is 1. The molecule has 1 aromatic rings. The maximum absolute atomic E-state index is 4.70. The predicted octanol–water partition coefficient (Wildman–Crippen LogP) is 0.790. The summed E-state index contributed by atoms with van der Waals surface area (Å²) in [5, 5.41) is 8.11. The minimum atomic E-state index is 0.555. The number of aryl methyl sites for hydroxylation is 1. The third kappa shape index (κ3) is 1.32. The summed E-state index contributed by atoms with van der Waals surface area (Å²) in [6.07, 6.45) is 2.57. The minimum absolute atomic E-state index is 0.555. The van der Waals surface area contributed by atoms with Gasteiger partial charge >= 0.3 is 0 Å². The lowest BCUT2D eigenvalue weighted by Crippen LogP contribution is -2.19. The standard InChI is InChI=1S/C11H18N4/c1-14-5-3-4-9(14)11-8-6-12-7-10(8)15(2)13-11/h9,12H,3-7H2,1-2H3. The van der Waals surface area contributed by atoms with E-state index in [0.29, 0.717) is 6.04 Å². The van der Waals surface area contributed by atoms with E-state index in [0.717, 1.165) is 13.1 Å². The summed E-state index contributed by atoms with van der Waals surface area (Å²) < 4.78 is 2.05. The van der Waals surface area contributed by atoms with Crippen molar-refractivity contribution in [3.05, 3.63) is 17.0 Å². The molecule has 3 rings (SSSR count). The zero-order chi connectivity index (χ0) is 10.4. The van der Waals surface area contributed by atoms with Gasteiger partial charge in [0.05, 0.1) is 17.4 Å². The van der Waals surface area contributed by atoms with Crippen molar-refractivity contribution in [1.29, 1.82) is 0 Å². The Hall–Kier alpha value is -0.870. The van der Waals surface area contributed by atoms with Gasteiger partial charge in [-0.15, -0.1) is 0 Å². The van der Waals surface area contributed by atoms with Crippen LogP contribution in [-0.4, -0.2) is 28.3 Å². The van der Waals surface area contributed by atoms with Gasteiger partial charge in [0.25, 0.3) is 0 Å². The molecule has 1 N–H and O–H groups in total. The third-order valence-electron chi connectivity index (χ3n) is 3.74. The SMILES string of the molecule is CN1CCCC1c1nn(C)c2c1CNC2. The second-order valence-electron chi connectivity index (χ2n) is 4.68. The first kappa shape index (κ1) is 9.36. The normalized spacial score (nSPS) is 26.1. The fourth-order valence-electron chi connectivity index (χ4n) is 2.87. The van der Waals surface area contributed by atoms with Crippen molar-refractivity contribution in [2.24, 2.45) is 7.05 Å². The van der Waals surface area contributed by atoms with E-state index in [1.54, 1.807) is 0 Å². The van der Waals surface area contributed by atoms with Crippen LogP contribution in [0.5, 0.6) is 0 Å². The van der Waals surface area contributed by atoms with Crippen molar-refractivity contribution in [3.63, 3.8) is 0 Å². The van der Waals surface area contributed by atoms with Gasteiger partial charge in [-0.05, 0) is 26.4 Å². The van der Waals surface area contributed by atoms with Gasteiger partial charge in [-0.25, -0.2) is 0 Å². The van der Waals surface area contributed by atoms with Crippen LogP contribution < -0.4 is 5.32 Å². The van der Waals surface area contributed by atoms with Crippen molar-refractivity contribution in [3.8, 4) is 0 Å². The highest BCUT2D eigenvalue weighted by Gasteiger charge is 2.30. The second-order valence-corrected chi connectivity index (χ2v) is 4.68. The van der Waals surface area contributed by atoms with E-state index in [-0.39, 0.29) is 0 Å². The van der Waals surface area contributed by atoms with Gasteiger partial charge in [0.1, 0.15) is 0 Å². The van der Waals surface area contributed by atoms with Gasteiger partial charge in [0.15, 0.2) is 0 Å². The lowest BCUT2D eigenvalue weighted by atomic mass is 10.1. The molecule has 1 unspecified atom stereocenters. The molecule has 1 atom stereocenters. The molecule has 0 aromatic carbocycles. The summed E-state index contributed by atoms with van der Waals surface area (Å²) in [4.78, 5) is 2.43. The van der Waals surface area contributed by atoms with Crippen molar-refractivity contribution < 1.29 is 0 Å². The average Bonchev–Trinajstić information content (AvgIpc) is 2.85. The Morgan fingerprint density at radius 1 is 1.33 bits per heavy atom. The fourth-order valence-corrected chi connectivity index (χ4v) is 2.87. The first-order valence-corrected chi connectivity index (χ1v) is 5.73. The Kier molecular flexibility index (Phi) is 2.07. The molecule has 0 spiro atoms. The van der Waals surface area contributed by atoms with Crippen LogP contribution >= 0.6 is 0 Å². The number of rotatable bonds is 1. The van der Waals surface area contributed by atoms with Crippen LogP contribution in [0.1, 0.15) is 35.8 Å². The summed E-state index contributed by atoms with van der Waals surface area (Å²) in [5.41, 5.74) is 4.15. The van der Waals surface area contributed by atoms with Crippen molar-refractivity contribution in [2.75, 3.05) is 13.6 Å². The molecule has 1 saturated heterocycles. The Morgan fingerprint density at radius 3 is 2.93 bits per heavy atom. The molecule has 0 radical (unpaired) electrons. The molecule has 4 heteroatoms. The highest BCUT2D eigenvalue weighted by atomic mass is 15.3. The summed E-state index contributed by atoms with van der Waals surface area (Å²) >= 11 is 0. The summed E-state index contributed by atoms with van der Waals surface area (Å²) in [7, 11) is 4.27. The molecule has 15 heavy (non-hydrogen) atoms. The van der Waals surface area contributed by atoms with Crippen LogP contribution in [0, 0.1) is 0 Å². The predicted molar refractivity (Wildman–Crippen MR) is 58.4 cm³/mol. The van der Waals surface area contributed by atoms with E-state index in [9.17, 15) is 0 Å². The summed E-state index contributed by atoms with van der Waals surface area (Å²) in [6.45, 7) is 3.20. The molecule has 0 aliphatic carbocycles. The van der Waals surface area contributed by atoms with Crippen molar-refractivity contribution in [2.45, 2.75) is 32.0 Å². The van der Waals surface area contributed by atoms with Gasteiger partial charge in [0, 0.05) is 25.7 Å². The molecular formula is C11H18N4. The van der Waals surface area contributed by atoms with Crippen LogP contribution in [0.15, 0.2) is 0 Å². The molecule has 4 nitrogen and oxygen atoms in total. The van der Waals surface area contributed by atoms with E-state index in [1.807, 2.05) is 0 Å². The first-order valence-electron chi connectivity index (χ1n) is 5.73. The number of aromatic nitrogens is 2. The lowest BCUT2D eigenvalue weighted by molar-refractivity contribution is 0.308. The molecule has 0 saturated carbocycles. The molecule has 82 valence electrons. The summed E-state index contributed by atoms with van der Waals surface area (Å²) in [6, 6.07) is 0.555. The minimum Gasteiger partial charge on any atom is -0.307 e. The van der Waals surface area contributed by atoms with Crippen LogP contribution in [0.4, 0.5) is 0 Å². The van der Waals surface area contributed by atoms with E-state index >= 15 is 0 Å². The van der Waals surface area contributed by atoms with Crippen LogP contribution in [0.25, 0.3) is 0 Å². The smallest absolute Gasteiger partial charge is 0.0844 e. The molecular weight excluding hydrogens is 188 g/mol. The Labute approximate surface area is 90.3 Å². The Bertz CT molecular complexity index is 382. The largest absolute Gasteiger partial charge is 0.307 e. The number of fused-ring (bicyclic) bond motifs is 1. The molecule has 1 aromatic heterocycles. The van der Waals surface area contributed by atoms with E-state index in [4.69, 9.17) is 5.10 Å². The van der Waals surface area contributed by atoms with Gasteiger partial charge < -0.3 is 5.32 Å². The zero-order valence-electron chi connectivity index (χ0n) is 9.45. The van der Waals surface area contributed by atoms with Gasteiger partial charge in [-0.3, -0.25) is 9.58 Å². The zero-order valence-corrected chi connectivity index (χ0v) is 9.45. The number of hydrogen-bond acceptors (Lipinski definition) is 3. The van der Waals surface area contributed by atoms with Crippen molar-refractivity contribution in [1.82, 2.24) is 20.0 Å². The maximum atomic E-state index is 4.70. The Morgan fingerprint density at radius 2 is 2.20 bits per heavy atom. The topological polar surface area (TPSA) is 33.1 Å². The van der Waals surface area contributed by atoms with Crippen LogP contribution in [0.2, 0.25) is 0 Å². The number of likely N-dealkylation sites (tertiary alicyclic amines) is 1. The highest BCUT2D eigenvalue weighted by molar-refractivity contribution is 5.32. The summed E-state index contributed by atoms with van der Waals surface area (Å²) in [5.74, 6) is 0. The number of nitrogens with one attached hydrogen (secondary N) is 1. The molecule has 0 bridgehead atoms. The molecule has 3 heterocycles. The van der Waals surface area contributed by atoms with E-state index in [1.165, 1.54) is 36.3 Å². The van der Waals surface area contributed by atoms with E-state index < -0.39 is 0 Å². The highest BCUT2D eigenvalue weighted by Crippen LogP contribution is 2.33. The molecule has 0 amide bonds. The van der Waals surface area contributed by atoms with Gasteiger partial charge in [-0.1, -0.05) is 0 Å². The first-order chi connectivity index (χ1) is 7.27. The second kappa shape index (κ2) is 3.32. The van der Waals surface area contributed by atoms with E-state index in [2.05, 4.69) is 29.0 Å². The molecule has 1 fully saturated rings. The van der Waals surface area contributed by atoms with Gasteiger partial charge in [0.2, 0.25) is 0 Å². The number of nitrogens with zero attached hydrogens (tertiary/aromatic N) is 3. The fraction of sp³-hybridized carbons (Fsp3) is 0.727.